The molecule has 0 amide bonds. The fourth-order valence-electron chi connectivity index (χ4n) is 3.30. The van der Waals surface area contributed by atoms with Gasteiger partial charge in [0.15, 0.2) is 0 Å². The van der Waals surface area contributed by atoms with E-state index in [1.165, 1.54) is 6.20 Å². The van der Waals surface area contributed by atoms with Crippen LogP contribution in [-0.2, 0) is 0 Å². The summed E-state index contributed by atoms with van der Waals surface area (Å²) in [6.45, 7) is -2.74. The largest absolute Gasteiger partial charge is 0.256 e. The van der Waals surface area contributed by atoms with Gasteiger partial charge in [0, 0.05) is 20.0 Å². The summed E-state index contributed by atoms with van der Waals surface area (Å²) in [5.74, 6) is 0. The van der Waals surface area contributed by atoms with Gasteiger partial charge in [-0.05, 0) is 71.7 Å². The van der Waals surface area contributed by atoms with Gasteiger partial charge in [0.2, 0.25) is 0 Å². The van der Waals surface area contributed by atoms with Gasteiger partial charge in [0.25, 0.3) is 0 Å². The predicted octanol–water partition coefficient (Wildman–Crippen LogP) is 7.01. The van der Waals surface area contributed by atoms with Crippen LogP contribution in [0.25, 0.3) is 33.5 Å². The molecule has 1 heteroatoms. The minimum atomic E-state index is -2.31. The highest BCUT2D eigenvalue weighted by Crippen LogP contribution is 2.33. The molecule has 132 valence electrons. The molecule has 0 radical (unpaired) electrons. The van der Waals surface area contributed by atoms with Gasteiger partial charge in [-0.3, -0.25) is 4.98 Å². The van der Waals surface area contributed by atoms with Crippen molar-refractivity contribution in [3.63, 3.8) is 0 Å². The molecule has 27 heavy (non-hydrogen) atoms. The maximum Gasteiger partial charge on any atom is 0.0711 e. The van der Waals surface area contributed by atoms with Crippen LogP contribution in [0, 0.1) is 20.6 Å². The number of aryl methyl sites for hydroxylation is 3. The summed E-state index contributed by atoms with van der Waals surface area (Å²) in [4.78, 5) is 4.49. The van der Waals surface area contributed by atoms with E-state index in [2.05, 4.69) is 4.98 Å². The van der Waals surface area contributed by atoms with Gasteiger partial charge in [-0.2, -0.15) is 0 Å². The van der Waals surface area contributed by atoms with Crippen molar-refractivity contribution in [3.8, 4) is 33.5 Å². The quantitative estimate of drug-likeness (QED) is 0.385. The van der Waals surface area contributed by atoms with Gasteiger partial charge >= 0.3 is 0 Å². The minimum absolute atomic E-state index is 0.178. The van der Waals surface area contributed by atoms with Crippen LogP contribution in [0.2, 0.25) is 0 Å². The third kappa shape index (κ3) is 3.41. The summed E-state index contributed by atoms with van der Waals surface area (Å²) in [6.07, 6.45) is 1.41. The van der Waals surface area contributed by atoms with E-state index in [1.807, 2.05) is 73.7 Å². The van der Waals surface area contributed by atoms with Gasteiger partial charge in [-0.25, -0.2) is 0 Å². The van der Waals surface area contributed by atoms with Crippen LogP contribution in [0.3, 0.4) is 0 Å². The molecule has 1 aromatic heterocycles. The smallest absolute Gasteiger partial charge is 0.0711 e. The van der Waals surface area contributed by atoms with Crippen LogP contribution in [0.1, 0.15) is 24.9 Å². The molecule has 0 fully saturated rings. The average Bonchev–Trinajstić information content (AvgIpc) is 2.78. The Balaban J connectivity index is 1.96. The Kier molecular flexibility index (Phi) is 3.07. The number of pyridine rings is 1. The van der Waals surface area contributed by atoms with Crippen molar-refractivity contribution in [1.82, 2.24) is 4.98 Å². The summed E-state index contributed by atoms with van der Waals surface area (Å²) in [6, 6.07) is 24.0. The summed E-state index contributed by atoms with van der Waals surface area (Å²) < 4.78 is 48.0. The van der Waals surface area contributed by atoms with Gasteiger partial charge in [-0.15, -0.1) is 0 Å². The number of aromatic nitrogens is 1. The van der Waals surface area contributed by atoms with E-state index in [-0.39, 0.29) is 11.1 Å². The zero-order valence-corrected chi connectivity index (χ0v) is 15.0. The number of rotatable bonds is 3. The number of benzene rings is 3. The molecule has 0 aliphatic heterocycles. The Labute approximate surface area is 169 Å². The lowest BCUT2D eigenvalue weighted by atomic mass is 9.92. The average molecular weight is 356 g/mol. The lowest BCUT2D eigenvalue weighted by Crippen LogP contribution is -1.94. The molecular weight excluding hydrogens is 326 g/mol. The van der Waals surface area contributed by atoms with E-state index in [9.17, 15) is 0 Å². The molecule has 0 saturated heterocycles. The van der Waals surface area contributed by atoms with Crippen molar-refractivity contribution in [3.05, 3.63) is 102 Å². The van der Waals surface area contributed by atoms with E-state index in [0.717, 1.165) is 22.3 Å². The Bertz CT molecular complexity index is 1280. The molecule has 1 heterocycles. The monoisotopic (exact) mass is 355 g/mol. The summed E-state index contributed by atoms with van der Waals surface area (Å²) in [5.41, 5.74) is 5.34. The van der Waals surface area contributed by atoms with E-state index >= 15 is 0 Å². The van der Waals surface area contributed by atoms with Crippen molar-refractivity contribution < 1.29 is 8.22 Å². The molecule has 0 atom stereocenters. The maximum atomic E-state index is 8.03. The SMILES string of the molecule is [2H]C([2H])([2H])c1cnc(-c2cc(-c3ccccc3)c(C([2H])([2H])[2H])cc2C)cc1-c1ccccc1. The van der Waals surface area contributed by atoms with Crippen LogP contribution in [0.15, 0.2) is 85.1 Å². The summed E-state index contributed by atoms with van der Waals surface area (Å²) in [5, 5.41) is 0. The van der Waals surface area contributed by atoms with Crippen LogP contribution in [0.5, 0.6) is 0 Å². The van der Waals surface area contributed by atoms with Crippen LogP contribution in [0.4, 0.5) is 0 Å². The first-order chi connectivity index (χ1) is 15.6. The van der Waals surface area contributed by atoms with E-state index in [4.69, 9.17) is 8.22 Å². The zero-order chi connectivity index (χ0) is 23.8. The number of hydrogen-bond acceptors (Lipinski definition) is 1. The lowest BCUT2D eigenvalue weighted by Gasteiger charge is -2.14. The first kappa shape index (κ1) is 11.5. The molecule has 4 rings (SSSR count). The van der Waals surface area contributed by atoms with Crippen molar-refractivity contribution in [2.75, 3.05) is 0 Å². The second-order valence-electron chi connectivity index (χ2n) is 6.56. The molecule has 0 unspecified atom stereocenters. The molecule has 1 nitrogen and oxygen atoms in total. The summed E-state index contributed by atoms with van der Waals surface area (Å²) >= 11 is 0. The molecular formula is C26H23N. The molecule has 3 aromatic carbocycles. The fourth-order valence-corrected chi connectivity index (χ4v) is 3.30. The van der Waals surface area contributed by atoms with Crippen LogP contribution < -0.4 is 0 Å². The number of nitrogens with zero attached hydrogens (tertiary/aromatic N) is 1. The zero-order valence-electron chi connectivity index (χ0n) is 21.0. The molecule has 4 aromatic rings. The standard InChI is InChI=1S/C26H23N/c1-18-14-19(2)25(15-23(18)21-10-6-4-7-11-21)26-16-24(20(3)17-27-26)22-12-8-5-9-13-22/h4-17H,1-3H3/i1D3,3D3. The molecule has 0 bridgehead atoms. The highest BCUT2D eigenvalue weighted by Gasteiger charge is 2.12. The molecule has 0 aliphatic carbocycles. The van der Waals surface area contributed by atoms with Crippen molar-refractivity contribution in [2.24, 2.45) is 0 Å². The van der Waals surface area contributed by atoms with Gasteiger partial charge in [0.05, 0.1) is 5.69 Å². The molecule has 0 saturated carbocycles. The normalized spacial score (nSPS) is 15.0. The first-order valence-electron chi connectivity index (χ1n) is 11.8. The Morgan fingerprint density at radius 2 is 1.22 bits per heavy atom. The highest BCUT2D eigenvalue weighted by atomic mass is 14.7. The molecule has 0 N–H and O–H groups in total. The number of hydrogen-bond donors (Lipinski definition) is 0. The molecule has 0 spiro atoms. The van der Waals surface area contributed by atoms with Crippen molar-refractivity contribution in [2.45, 2.75) is 20.6 Å². The highest BCUT2D eigenvalue weighted by molar-refractivity contribution is 5.79. The topological polar surface area (TPSA) is 12.9 Å². The summed E-state index contributed by atoms with van der Waals surface area (Å²) in [7, 11) is 0. The van der Waals surface area contributed by atoms with Gasteiger partial charge in [-0.1, -0.05) is 66.7 Å². The Morgan fingerprint density at radius 1 is 0.630 bits per heavy atom. The van der Waals surface area contributed by atoms with Crippen molar-refractivity contribution in [1.29, 1.82) is 0 Å². The van der Waals surface area contributed by atoms with Crippen LogP contribution in [-0.4, -0.2) is 4.98 Å². The third-order valence-corrected chi connectivity index (χ3v) is 4.71. The Hall–Kier alpha value is -3.19. The predicted molar refractivity (Wildman–Crippen MR) is 115 cm³/mol. The first-order valence-corrected chi connectivity index (χ1v) is 8.82. The lowest BCUT2D eigenvalue weighted by molar-refractivity contribution is 1.25. The van der Waals surface area contributed by atoms with E-state index in [0.29, 0.717) is 16.8 Å². The third-order valence-electron chi connectivity index (χ3n) is 4.71. The van der Waals surface area contributed by atoms with Gasteiger partial charge in [0.1, 0.15) is 0 Å². The van der Waals surface area contributed by atoms with E-state index < -0.39 is 13.7 Å². The molecule has 0 aliphatic rings. The maximum absolute atomic E-state index is 8.03. The van der Waals surface area contributed by atoms with Crippen molar-refractivity contribution >= 4 is 0 Å². The van der Waals surface area contributed by atoms with E-state index in [1.54, 1.807) is 12.1 Å². The second kappa shape index (κ2) is 7.20. The van der Waals surface area contributed by atoms with Gasteiger partial charge < -0.3 is 0 Å². The fraction of sp³-hybridized carbons (Fsp3) is 0.115. The second-order valence-corrected chi connectivity index (χ2v) is 6.56. The Morgan fingerprint density at radius 3 is 1.81 bits per heavy atom. The van der Waals surface area contributed by atoms with Crippen LogP contribution >= 0.6 is 0 Å². The minimum Gasteiger partial charge on any atom is -0.256 e.